The highest BCUT2D eigenvalue weighted by Gasteiger charge is 2.11. The molecule has 1 N–H and O–H groups in total. The maximum Gasteiger partial charge on any atom is 0.261 e. The number of hydrogen-bond donors (Lipinski definition) is 1. The molecule has 8 heteroatoms. The van der Waals surface area contributed by atoms with Gasteiger partial charge < -0.3 is 14.8 Å². The molecule has 3 rings (SSSR count). The molecule has 0 aliphatic carbocycles. The molecule has 0 saturated carbocycles. The maximum atomic E-state index is 13.6. The van der Waals surface area contributed by atoms with E-state index in [1.54, 1.807) is 31.2 Å². The summed E-state index contributed by atoms with van der Waals surface area (Å²) in [4.78, 5) is 29.1. The molecular formula is C21H22FN3O4. The van der Waals surface area contributed by atoms with Crippen molar-refractivity contribution in [2.75, 3.05) is 19.5 Å². The number of rotatable bonds is 7. The van der Waals surface area contributed by atoms with Crippen LogP contribution in [0.3, 0.4) is 0 Å². The summed E-state index contributed by atoms with van der Waals surface area (Å²) in [7, 11) is 3.01. The number of nitrogens with one attached hydrogen (secondary N) is 1. The van der Waals surface area contributed by atoms with Crippen LogP contribution in [-0.2, 0) is 11.3 Å². The van der Waals surface area contributed by atoms with Crippen molar-refractivity contribution in [2.24, 2.45) is 0 Å². The molecule has 2 aromatic carbocycles. The number of amides is 1. The molecule has 0 fully saturated rings. The Balaban J connectivity index is 1.67. The second kappa shape index (κ2) is 8.72. The van der Waals surface area contributed by atoms with Gasteiger partial charge in [-0.05, 0) is 37.1 Å². The van der Waals surface area contributed by atoms with Crippen LogP contribution in [0.15, 0.2) is 41.5 Å². The van der Waals surface area contributed by atoms with Crippen molar-refractivity contribution in [2.45, 2.75) is 26.3 Å². The van der Waals surface area contributed by atoms with Gasteiger partial charge in [0.2, 0.25) is 5.91 Å². The Morgan fingerprint density at radius 3 is 2.59 bits per heavy atom. The third kappa shape index (κ3) is 4.53. The summed E-state index contributed by atoms with van der Waals surface area (Å²) in [6.45, 7) is 1.98. The predicted molar refractivity (Wildman–Crippen MR) is 108 cm³/mol. The van der Waals surface area contributed by atoms with Crippen LogP contribution in [0, 0.1) is 12.7 Å². The zero-order valence-corrected chi connectivity index (χ0v) is 16.5. The molecular weight excluding hydrogens is 377 g/mol. The Hall–Kier alpha value is -3.42. The van der Waals surface area contributed by atoms with Crippen molar-refractivity contribution >= 4 is 22.5 Å². The zero-order valence-electron chi connectivity index (χ0n) is 16.5. The fraction of sp³-hybridized carbons (Fsp3) is 0.286. The molecule has 3 aromatic rings. The van der Waals surface area contributed by atoms with Gasteiger partial charge in [-0.2, -0.15) is 0 Å². The van der Waals surface area contributed by atoms with E-state index in [2.05, 4.69) is 10.3 Å². The number of anilines is 1. The van der Waals surface area contributed by atoms with Gasteiger partial charge in [-0.25, -0.2) is 9.37 Å². The summed E-state index contributed by atoms with van der Waals surface area (Å²) in [5, 5.41) is 3.06. The van der Waals surface area contributed by atoms with Crippen LogP contribution >= 0.6 is 0 Å². The number of fused-ring (bicyclic) bond motifs is 1. The van der Waals surface area contributed by atoms with Gasteiger partial charge in [-0.3, -0.25) is 14.2 Å². The van der Waals surface area contributed by atoms with E-state index < -0.39 is 0 Å². The van der Waals surface area contributed by atoms with Gasteiger partial charge in [0.25, 0.3) is 5.56 Å². The van der Waals surface area contributed by atoms with Gasteiger partial charge in [-0.1, -0.05) is 6.07 Å². The van der Waals surface area contributed by atoms with Crippen LogP contribution in [0.2, 0.25) is 0 Å². The predicted octanol–water partition coefficient (Wildman–Crippen LogP) is 3.28. The van der Waals surface area contributed by atoms with Crippen LogP contribution in [0.25, 0.3) is 10.9 Å². The van der Waals surface area contributed by atoms with E-state index in [0.717, 1.165) is 0 Å². The highest BCUT2D eigenvalue weighted by Crippen LogP contribution is 2.29. The highest BCUT2D eigenvalue weighted by molar-refractivity contribution is 5.90. The molecule has 1 aromatic heterocycles. The van der Waals surface area contributed by atoms with E-state index >= 15 is 0 Å². The van der Waals surface area contributed by atoms with Gasteiger partial charge in [0.1, 0.15) is 5.82 Å². The SMILES string of the molecule is COc1cc2ncn(CCCC(=O)Nc3ccc(C)c(F)c3)c(=O)c2cc1OC. The first-order valence-electron chi connectivity index (χ1n) is 9.10. The molecule has 0 bridgehead atoms. The third-order valence-corrected chi connectivity index (χ3v) is 4.59. The Morgan fingerprint density at radius 1 is 1.17 bits per heavy atom. The number of carbonyl (C=O) groups excluding carboxylic acids is 1. The minimum Gasteiger partial charge on any atom is -0.493 e. The first kappa shape index (κ1) is 20.3. The lowest BCUT2D eigenvalue weighted by Gasteiger charge is -2.11. The van der Waals surface area contributed by atoms with Crippen molar-refractivity contribution in [3.63, 3.8) is 0 Å². The molecule has 1 heterocycles. The Morgan fingerprint density at radius 2 is 1.90 bits per heavy atom. The van der Waals surface area contributed by atoms with Crippen molar-refractivity contribution < 1.29 is 18.7 Å². The Labute approximate surface area is 167 Å². The lowest BCUT2D eigenvalue weighted by molar-refractivity contribution is -0.116. The average molecular weight is 399 g/mol. The molecule has 7 nitrogen and oxygen atoms in total. The van der Waals surface area contributed by atoms with E-state index in [-0.39, 0.29) is 23.7 Å². The van der Waals surface area contributed by atoms with Crippen LogP contribution in [-0.4, -0.2) is 29.7 Å². The van der Waals surface area contributed by atoms with Crippen LogP contribution < -0.4 is 20.3 Å². The lowest BCUT2D eigenvalue weighted by Crippen LogP contribution is -2.22. The number of methoxy groups -OCH3 is 2. The monoisotopic (exact) mass is 399 g/mol. The van der Waals surface area contributed by atoms with Gasteiger partial charge in [0, 0.05) is 24.7 Å². The van der Waals surface area contributed by atoms with Crippen LogP contribution in [0.1, 0.15) is 18.4 Å². The smallest absolute Gasteiger partial charge is 0.261 e. The zero-order chi connectivity index (χ0) is 21.0. The van der Waals surface area contributed by atoms with Crippen molar-refractivity contribution in [1.29, 1.82) is 0 Å². The van der Waals surface area contributed by atoms with E-state index in [1.165, 1.54) is 31.2 Å². The molecule has 0 unspecified atom stereocenters. The average Bonchev–Trinajstić information content (AvgIpc) is 2.71. The molecule has 0 radical (unpaired) electrons. The highest BCUT2D eigenvalue weighted by atomic mass is 19.1. The first-order valence-corrected chi connectivity index (χ1v) is 9.10. The van der Waals surface area contributed by atoms with Gasteiger partial charge in [0.05, 0.1) is 31.4 Å². The Bertz CT molecular complexity index is 1110. The summed E-state index contributed by atoms with van der Waals surface area (Å²) in [6, 6.07) is 7.78. The summed E-state index contributed by atoms with van der Waals surface area (Å²) in [6.07, 6.45) is 2.07. The molecule has 0 atom stereocenters. The van der Waals surface area contributed by atoms with Gasteiger partial charge >= 0.3 is 0 Å². The largest absolute Gasteiger partial charge is 0.493 e. The van der Waals surface area contributed by atoms with Gasteiger partial charge in [-0.15, -0.1) is 0 Å². The van der Waals surface area contributed by atoms with E-state index in [4.69, 9.17) is 9.47 Å². The molecule has 1 amide bonds. The van der Waals surface area contributed by atoms with Crippen LogP contribution in [0.4, 0.5) is 10.1 Å². The Kier molecular flexibility index (Phi) is 6.11. The number of aryl methyl sites for hydroxylation is 2. The van der Waals surface area contributed by atoms with Crippen molar-refractivity contribution in [3.05, 3.63) is 58.4 Å². The van der Waals surface area contributed by atoms with E-state index in [1.807, 2.05) is 0 Å². The molecule has 0 aliphatic rings. The summed E-state index contributed by atoms with van der Waals surface area (Å²) in [5.41, 5.74) is 1.20. The van der Waals surface area contributed by atoms with Crippen LogP contribution in [0.5, 0.6) is 11.5 Å². The molecule has 0 aliphatic heterocycles. The lowest BCUT2D eigenvalue weighted by atomic mass is 10.2. The summed E-state index contributed by atoms with van der Waals surface area (Å²) < 4.78 is 25.5. The molecule has 0 spiro atoms. The van der Waals surface area contributed by atoms with E-state index in [0.29, 0.717) is 46.6 Å². The maximum absolute atomic E-state index is 13.6. The summed E-state index contributed by atoms with van der Waals surface area (Å²) in [5.74, 6) is 0.320. The molecule has 0 saturated heterocycles. The number of halogens is 1. The number of hydrogen-bond acceptors (Lipinski definition) is 5. The number of ether oxygens (including phenoxy) is 2. The topological polar surface area (TPSA) is 82.5 Å². The minimum absolute atomic E-state index is 0.186. The normalized spacial score (nSPS) is 10.8. The third-order valence-electron chi connectivity index (χ3n) is 4.59. The number of benzene rings is 2. The number of nitrogens with zero attached hydrogens (tertiary/aromatic N) is 2. The first-order chi connectivity index (χ1) is 13.9. The van der Waals surface area contributed by atoms with Crippen molar-refractivity contribution in [3.8, 4) is 11.5 Å². The van der Waals surface area contributed by atoms with E-state index in [9.17, 15) is 14.0 Å². The quantitative estimate of drug-likeness (QED) is 0.659. The molecule has 29 heavy (non-hydrogen) atoms. The van der Waals surface area contributed by atoms with Gasteiger partial charge in [0.15, 0.2) is 11.5 Å². The minimum atomic E-state index is -0.372. The van der Waals surface area contributed by atoms with Crippen molar-refractivity contribution in [1.82, 2.24) is 9.55 Å². The number of aromatic nitrogens is 2. The summed E-state index contributed by atoms with van der Waals surface area (Å²) >= 11 is 0. The second-order valence-electron chi connectivity index (χ2n) is 6.58. The second-order valence-corrected chi connectivity index (χ2v) is 6.58. The molecule has 152 valence electrons. The fourth-order valence-electron chi connectivity index (χ4n) is 2.95. The fourth-order valence-corrected chi connectivity index (χ4v) is 2.95. The number of carbonyl (C=O) groups is 1. The standard InChI is InChI=1S/C21H22FN3O4/c1-13-6-7-14(9-16(13)22)24-20(26)5-4-8-25-12-23-17-11-19(29-3)18(28-2)10-15(17)21(25)27/h6-7,9-12H,4-5,8H2,1-3H3,(H,24,26).